The summed E-state index contributed by atoms with van der Waals surface area (Å²) in [6.45, 7) is -0.687. The molecule has 11 heteroatoms. The number of nitrogens with zero attached hydrogens (tertiary/aromatic N) is 2. The van der Waals surface area contributed by atoms with E-state index < -0.39 is 44.6 Å². The summed E-state index contributed by atoms with van der Waals surface area (Å²) in [6, 6.07) is 13.3. The van der Waals surface area contributed by atoms with Crippen molar-refractivity contribution in [1.29, 1.82) is 0 Å². The summed E-state index contributed by atoms with van der Waals surface area (Å²) in [4.78, 5) is 24.1. The van der Waals surface area contributed by atoms with Crippen LogP contribution in [0, 0.1) is 0 Å². The number of aromatic nitrogens is 2. The highest BCUT2D eigenvalue weighted by molar-refractivity contribution is 7.91. The molecule has 1 aromatic heterocycles. The zero-order chi connectivity index (χ0) is 21.9. The number of hydrogen-bond donors (Lipinski definition) is 1. The number of benzene rings is 2. The molecule has 0 fully saturated rings. The fourth-order valence-electron chi connectivity index (χ4n) is 2.52. The van der Waals surface area contributed by atoms with Gasteiger partial charge in [0, 0.05) is 11.8 Å². The number of halogens is 3. The van der Waals surface area contributed by atoms with Gasteiger partial charge >= 0.3 is 6.18 Å². The zero-order valence-electron chi connectivity index (χ0n) is 15.1. The van der Waals surface area contributed by atoms with Crippen molar-refractivity contribution in [1.82, 2.24) is 9.78 Å². The third-order valence-corrected chi connectivity index (χ3v) is 5.60. The van der Waals surface area contributed by atoms with Crippen LogP contribution in [0.5, 0.6) is 0 Å². The lowest BCUT2D eigenvalue weighted by Gasteiger charge is -2.11. The van der Waals surface area contributed by atoms with Crippen LogP contribution in [0.3, 0.4) is 0 Å². The van der Waals surface area contributed by atoms with Crippen LogP contribution in [-0.2, 0) is 27.4 Å². The second-order valence-electron chi connectivity index (χ2n) is 6.11. The van der Waals surface area contributed by atoms with E-state index in [4.69, 9.17) is 0 Å². The highest BCUT2D eigenvalue weighted by atomic mass is 32.2. The Morgan fingerprint density at radius 3 is 2.37 bits per heavy atom. The van der Waals surface area contributed by atoms with Crippen LogP contribution in [0.1, 0.15) is 5.56 Å². The van der Waals surface area contributed by atoms with E-state index in [0.717, 1.165) is 30.3 Å². The fourth-order valence-corrected chi connectivity index (χ4v) is 3.73. The van der Waals surface area contributed by atoms with E-state index >= 15 is 0 Å². The summed E-state index contributed by atoms with van der Waals surface area (Å²) in [7, 11) is -4.02. The van der Waals surface area contributed by atoms with E-state index in [1.165, 1.54) is 30.3 Å². The van der Waals surface area contributed by atoms with Crippen LogP contribution < -0.4 is 10.9 Å². The van der Waals surface area contributed by atoms with Gasteiger partial charge < -0.3 is 5.32 Å². The van der Waals surface area contributed by atoms with Crippen molar-refractivity contribution in [2.75, 3.05) is 5.32 Å². The normalized spacial score (nSPS) is 11.8. The molecule has 0 bridgehead atoms. The molecule has 1 heterocycles. The van der Waals surface area contributed by atoms with E-state index in [0.29, 0.717) is 4.68 Å². The average molecular weight is 437 g/mol. The lowest BCUT2D eigenvalue weighted by atomic mass is 10.2. The van der Waals surface area contributed by atoms with Gasteiger partial charge in [-0.05, 0) is 36.4 Å². The first-order valence-electron chi connectivity index (χ1n) is 8.43. The monoisotopic (exact) mass is 437 g/mol. The molecule has 0 saturated carbocycles. The predicted molar refractivity (Wildman–Crippen MR) is 100 cm³/mol. The van der Waals surface area contributed by atoms with Gasteiger partial charge in [0.1, 0.15) is 6.54 Å². The van der Waals surface area contributed by atoms with E-state index in [2.05, 4.69) is 10.4 Å². The maximum atomic E-state index is 12.8. The Balaban J connectivity index is 1.83. The third-order valence-electron chi connectivity index (χ3n) is 3.94. The largest absolute Gasteiger partial charge is 0.416 e. The number of hydrogen-bond acceptors (Lipinski definition) is 5. The molecule has 0 saturated heterocycles. The van der Waals surface area contributed by atoms with Gasteiger partial charge in [-0.1, -0.05) is 24.3 Å². The third kappa shape index (κ3) is 4.74. The molecular weight excluding hydrogens is 423 g/mol. The Hall–Kier alpha value is -3.47. The van der Waals surface area contributed by atoms with Gasteiger partial charge in [-0.3, -0.25) is 9.59 Å². The van der Waals surface area contributed by atoms with Gasteiger partial charge in [-0.15, -0.1) is 0 Å². The van der Waals surface area contributed by atoms with E-state index in [1.54, 1.807) is 6.07 Å². The van der Waals surface area contributed by atoms with Crippen molar-refractivity contribution < 1.29 is 26.4 Å². The van der Waals surface area contributed by atoms with E-state index in [1.807, 2.05) is 0 Å². The first-order valence-corrected chi connectivity index (χ1v) is 9.91. The van der Waals surface area contributed by atoms with Crippen LogP contribution in [0.25, 0.3) is 0 Å². The highest BCUT2D eigenvalue weighted by Gasteiger charge is 2.30. The molecule has 0 spiro atoms. The Labute approximate surface area is 168 Å². The Kier molecular flexibility index (Phi) is 5.74. The minimum atomic E-state index is -4.58. The van der Waals surface area contributed by atoms with Gasteiger partial charge in [0.05, 0.1) is 10.5 Å². The standard InChI is InChI=1S/C19H14F3N3O4S/c20-19(21,22)13-5-4-6-14(11-13)23-16(26)12-25-18(27)10-9-17(24-25)30(28,29)15-7-2-1-3-8-15/h1-11H,12H2,(H,23,26). The summed E-state index contributed by atoms with van der Waals surface area (Å²) in [6.07, 6.45) is -4.58. The number of amides is 1. The van der Waals surface area contributed by atoms with Crippen molar-refractivity contribution in [2.45, 2.75) is 22.6 Å². The van der Waals surface area contributed by atoms with Gasteiger partial charge in [0.2, 0.25) is 15.7 Å². The summed E-state index contributed by atoms with van der Waals surface area (Å²) in [5.74, 6) is -0.849. The number of anilines is 1. The minimum absolute atomic E-state index is 0.0453. The van der Waals surface area contributed by atoms with Crippen molar-refractivity contribution in [2.24, 2.45) is 0 Å². The zero-order valence-corrected chi connectivity index (χ0v) is 15.9. The minimum Gasteiger partial charge on any atom is -0.324 e. The second kappa shape index (κ2) is 8.11. The number of rotatable bonds is 5. The Bertz CT molecular complexity index is 1240. The molecule has 0 atom stereocenters. The smallest absolute Gasteiger partial charge is 0.324 e. The van der Waals surface area contributed by atoms with Crippen LogP contribution in [0.4, 0.5) is 18.9 Å². The number of carbonyl (C=O) groups excluding carboxylic acids is 1. The summed E-state index contributed by atoms with van der Waals surface area (Å²) in [5, 5.41) is 5.52. The maximum Gasteiger partial charge on any atom is 0.416 e. The number of carbonyl (C=O) groups is 1. The summed E-state index contributed by atoms with van der Waals surface area (Å²) < 4.78 is 64.2. The fraction of sp³-hybridized carbons (Fsp3) is 0.105. The molecule has 1 N–H and O–H groups in total. The Morgan fingerprint density at radius 2 is 1.70 bits per heavy atom. The molecule has 30 heavy (non-hydrogen) atoms. The Morgan fingerprint density at radius 1 is 1.00 bits per heavy atom. The van der Waals surface area contributed by atoms with Crippen LogP contribution in [0.15, 0.2) is 81.4 Å². The topological polar surface area (TPSA) is 98.1 Å². The molecule has 0 aliphatic carbocycles. The lowest BCUT2D eigenvalue weighted by molar-refractivity contribution is -0.137. The van der Waals surface area contributed by atoms with Crippen LogP contribution in [0.2, 0.25) is 0 Å². The number of sulfone groups is 1. The van der Waals surface area contributed by atoms with Gasteiger partial charge in [-0.2, -0.15) is 18.3 Å². The first kappa shape index (κ1) is 21.2. The van der Waals surface area contributed by atoms with Crippen LogP contribution in [-0.4, -0.2) is 24.1 Å². The number of alkyl halides is 3. The van der Waals surface area contributed by atoms with Crippen molar-refractivity contribution >= 4 is 21.4 Å². The average Bonchev–Trinajstić information content (AvgIpc) is 2.69. The summed E-state index contributed by atoms with van der Waals surface area (Å²) >= 11 is 0. The quantitative estimate of drug-likeness (QED) is 0.662. The summed E-state index contributed by atoms with van der Waals surface area (Å²) in [5.41, 5.74) is -1.83. The van der Waals surface area contributed by atoms with E-state index in [-0.39, 0.29) is 10.6 Å². The van der Waals surface area contributed by atoms with Gasteiger partial charge in [0.15, 0.2) is 5.03 Å². The lowest BCUT2D eigenvalue weighted by Crippen LogP contribution is -2.30. The maximum absolute atomic E-state index is 12.8. The molecule has 0 aliphatic rings. The van der Waals surface area contributed by atoms with E-state index in [9.17, 15) is 31.2 Å². The molecular formula is C19H14F3N3O4S. The van der Waals surface area contributed by atoms with Crippen molar-refractivity contribution in [3.05, 3.63) is 82.6 Å². The molecule has 156 valence electrons. The molecule has 7 nitrogen and oxygen atoms in total. The molecule has 3 rings (SSSR count). The number of nitrogens with one attached hydrogen (secondary N) is 1. The van der Waals surface area contributed by atoms with Crippen LogP contribution >= 0.6 is 0 Å². The second-order valence-corrected chi connectivity index (χ2v) is 8.01. The molecule has 2 aromatic carbocycles. The highest BCUT2D eigenvalue weighted by Crippen LogP contribution is 2.30. The molecule has 0 radical (unpaired) electrons. The molecule has 1 amide bonds. The molecule has 0 unspecified atom stereocenters. The van der Waals surface area contributed by atoms with Gasteiger partial charge in [-0.25, -0.2) is 13.1 Å². The van der Waals surface area contributed by atoms with Crippen molar-refractivity contribution in [3.63, 3.8) is 0 Å². The van der Waals surface area contributed by atoms with Gasteiger partial charge in [0.25, 0.3) is 5.56 Å². The molecule has 0 aliphatic heterocycles. The van der Waals surface area contributed by atoms with Crippen molar-refractivity contribution in [3.8, 4) is 0 Å². The predicted octanol–water partition coefficient (Wildman–Crippen LogP) is 2.73. The molecule has 3 aromatic rings. The SMILES string of the molecule is O=C(Cn1nc(S(=O)(=O)c2ccccc2)ccc1=O)Nc1cccc(C(F)(F)F)c1. The first-order chi connectivity index (χ1) is 14.1.